The zero-order chi connectivity index (χ0) is 18.2. The standard InChI is InChI=1S/C17H17ClN2O5/c1-2-25-16(23)17(24)12(13(21)10-4-6-11(18)7-5-10)14-19-8-3-9-20(14)15(17)22/h4-7,19,24H,2-3,8-9H2,1H3. The summed E-state index contributed by atoms with van der Waals surface area (Å²) in [5, 5.41) is 14.3. The van der Waals surface area contributed by atoms with Crippen molar-refractivity contribution in [3.63, 3.8) is 0 Å². The molecule has 2 aliphatic rings. The van der Waals surface area contributed by atoms with Gasteiger partial charge in [-0.25, -0.2) is 4.79 Å². The average Bonchev–Trinajstić information content (AvgIpc) is 2.84. The highest BCUT2D eigenvalue weighted by Gasteiger charge is 2.61. The number of aliphatic hydroxyl groups is 1. The number of halogens is 1. The Labute approximate surface area is 149 Å². The number of esters is 1. The smallest absolute Gasteiger partial charge is 0.353 e. The second kappa shape index (κ2) is 6.50. The molecule has 7 nitrogen and oxygen atoms in total. The van der Waals surface area contributed by atoms with Crippen molar-refractivity contribution in [3.05, 3.63) is 46.2 Å². The number of benzene rings is 1. The van der Waals surface area contributed by atoms with Gasteiger partial charge < -0.3 is 15.2 Å². The largest absolute Gasteiger partial charge is 0.463 e. The first-order valence-electron chi connectivity index (χ1n) is 7.91. The van der Waals surface area contributed by atoms with Gasteiger partial charge in [-0.2, -0.15) is 0 Å². The third kappa shape index (κ3) is 2.69. The van der Waals surface area contributed by atoms with Gasteiger partial charge in [0.05, 0.1) is 12.2 Å². The molecule has 0 radical (unpaired) electrons. The van der Waals surface area contributed by atoms with E-state index in [-0.39, 0.29) is 23.6 Å². The number of hydrogen-bond acceptors (Lipinski definition) is 6. The molecular formula is C17H17ClN2O5. The summed E-state index contributed by atoms with van der Waals surface area (Å²) in [6.45, 7) is 2.36. The van der Waals surface area contributed by atoms with Crippen molar-refractivity contribution < 1.29 is 24.2 Å². The molecule has 25 heavy (non-hydrogen) atoms. The summed E-state index contributed by atoms with van der Waals surface area (Å²) in [5.41, 5.74) is -2.76. The van der Waals surface area contributed by atoms with E-state index in [2.05, 4.69) is 5.32 Å². The molecule has 132 valence electrons. The maximum Gasteiger partial charge on any atom is 0.353 e. The van der Waals surface area contributed by atoms with E-state index in [4.69, 9.17) is 16.3 Å². The van der Waals surface area contributed by atoms with Crippen LogP contribution in [-0.2, 0) is 14.3 Å². The lowest BCUT2D eigenvalue weighted by Gasteiger charge is -2.27. The van der Waals surface area contributed by atoms with Crippen LogP contribution in [0.25, 0.3) is 0 Å². The Balaban J connectivity index is 2.13. The summed E-state index contributed by atoms with van der Waals surface area (Å²) in [4.78, 5) is 39.3. The monoisotopic (exact) mass is 364 g/mol. The van der Waals surface area contributed by atoms with Gasteiger partial charge in [0.1, 0.15) is 5.82 Å². The van der Waals surface area contributed by atoms with Crippen LogP contribution in [0.3, 0.4) is 0 Å². The van der Waals surface area contributed by atoms with Crippen LogP contribution >= 0.6 is 11.6 Å². The molecule has 1 unspecified atom stereocenters. The topological polar surface area (TPSA) is 95.9 Å². The van der Waals surface area contributed by atoms with Crippen LogP contribution in [0.15, 0.2) is 35.7 Å². The van der Waals surface area contributed by atoms with Gasteiger partial charge in [0, 0.05) is 23.7 Å². The van der Waals surface area contributed by atoms with Crippen LogP contribution in [-0.4, -0.2) is 53.0 Å². The van der Waals surface area contributed by atoms with E-state index in [1.165, 1.54) is 29.2 Å². The van der Waals surface area contributed by atoms with E-state index < -0.39 is 23.3 Å². The maximum absolute atomic E-state index is 13.0. The number of hydrogen-bond donors (Lipinski definition) is 2. The van der Waals surface area contributed by atoms with Gasteiger partial charge in [-0.3, -0.25) is 14.5 Å². The molecule has 0 aromatic heterocycles. The van der Waals surface area contributed by atoms with Gasteiger partial charge in [0.2, 0.25) is 0 Å². The molecule has 0 bridgehead atoms. The van der Waals surface area contributed by atoms with Crippen LogP contribution < -0.4 is 5.32 Å². The highest BCUT2D eigenvalue weighted by Crippen LogP contribution is 2.37. The summed E-state index contributed by atoms with van der Waals surface area (Å²) in [6, 6.07) is 5.98. The third-order valence-electron chi connectivity index (χ3n) is 4.18. The number of Topliss-reactive ketones (excluding diaryl/α,β-unsaturated/α-hetero) is 1. The SMILES string of the molecule is CCOC(=O)C1(O)C(=O)N2CCCNC2=C1C(=O)c1ccc(Cl)cc1. The first-order valence-corrected chi connectivity index (χ1v) is 8.29. The van der Waals surface area contributed by atoms with Crippen LogP contribution in [0, 0.1) is 0 Å². The van der Waals surface area contributed by atoms with E-state index in [1.807, 2.05) is 0 Å². The summed E-state index contributed by atoms with van der Waals surface area (Å²) in [6.07, 6.45) is 0.635. The molecule has 1 atom stereocenters. The van der Waals surface area contributed by atoms with Crippen molar-refractivity contribution >= 4 is 29.3 Å². The van der Waals surface area contributed by atoms with Crippen LogP contribution in [0.2, 0.25) is 5.02 Å². The van der Waals surface area contributed by atoms with E-state index in [9.17, 15) is 19.5 Å². The van der Waals surface area contributed by atoms with Gasteiger partial charge in [0.25, 0.3) is 11.5 Å². The highest BCUT2D eigenvalue weighted by molar-refractivity contribution is 6.31. The van der Waals surface area contributed by atoms with Crippen LogP contribution in [0.1, 0.15) is 23.7 Å². The second-order valence-corrected chi connectivity index (χ2v) is 6.16. The Morgan fingerprint density at radius 2 is 2.04 bits per heavy atom. The van der Waals surface area contributed by atoms with Gasteiger partial charge in [-0.15, -0.1) is 0 Å². The molecule has 2 N–H and O–H groups in total. The number of ketones is 1. The van der Waals surface area contributed by atoms with Crippen molar-refractivity contribution in [2.24, 2.45) is 0 Å². The predicted octanol–water partition coefficient (Wildman–Crippen LogP) is 0.864. The lowest BCUT2D eigenvalue weighted by atomic mass is 9.89. The lowest BCUT2D eigenvalue weighted by Crippen LogP contribution is -2.52. The highest BCUT2D eigenvalue weighted by atomic mass is 35.5. The van der Waals surface area contributed by atoms with Gasteiger partial charge in [-0.1, -0.05) is 11.6 Å². The third-order valence-corrected chi connectivity index (χ3v) is 4.43. The molecular weight excluding hydrogens is 348 g/mol. The number of carbonyl (C=O) groups excluding carboxylic acids is 3. The molecule has 0 spiro atoms. The molecule has 0 saturated carbocycles. The maximum atomic E-state index is 13.0. The van der Waals surface area contributed by atoms with E-state index in [0.29, 0.717) is 24.5 Å². The van der Waals surface area contributed by atoms with Gasteiger partial charge in [-0.05, 0) is 37.6 Å². The normalized spacial score (nSPS) is 22.5. The Bertz CT molecular complexity index is 774. The van der Waals surface area contributed by atoms with Crippen molar-refractivity contribution in [1.29, 1.82) is 0 Å². The fraction of sp³-hybridized carbons (Fsp3) is 0.353. The number of nitrogens with zero attached hydrogens (tertiary/aromatic N) is 1. The van der Waals surface area contributed by atoms with E-state index >= 15 is 0 Å². The average molecular weight is 365 g/mol. The molecule has 1 fully saturated rings. The minimum Gasteiger partial charge on any atom is -0.463 e. The molecule has 0 aliphatic carbocycles. The number of amides is 1. The summed E-state index contributed by atoms with van der Waals surface area (Å²) in [7, 11) is 0. The summed E-state index contributed by atoms with van der Waals surface area (Å²) >= 11 is 5.84. The van der Waals surface area contributed by atoms with Crippen molar-refractivity contribution in [3.8, 4) is 0 Å². The molecule has 2 aliphatic heterocycles. The quantitative estimate of drug-likeness (QED) is 0.467. The number of carbonyl (C=O) groups is 3. The number of ether oxygens (including phenoxy) is 1. The first-order chi connectivity index (χ1) is 11.9. The Morgan fingerprint density at radius 1 is 1.36 bits per heavy atom. The predicted molar refractivity (Wildman–Crippen MR) is 88.7 cm³/mol. The molecule has 1 aromatic carbocycles. The molecule has 1 amide bonds. The van der Waals surface area contributed by atoms with Crippen LogP contribution in [0.5, 0.6) is 0 Å². The van der Waals surface area contributed by atoms with Crippen molar-refractivity contribution in [2.75, 3.05) is 19.7 Å². The van der Waals surface area contributed by atoms with Crippen LogP contribution in [0.4, 0.5) is 0 Å². The number of fused-ring (bicyclic) bond motifs is 1. The Morgan fingerprint density at radius 3 is 2.68 bits per heavy atom. The van der Waals surface area contributed by atoms with Crippen molar-refractivity contribution in [2.45, 2.75) is 18.9 Å². The van der Waals surface area contributed by atoms with Gasteiger partial charge in [0.15, 0.2) is 5.78 Å². The fourth-order valence-electron chi connectivity index (χ4n) is 2.99. The molecule has 3 rings (SSSR count). The minimum atomic E-state index is -2.65. The molecule has 8 heteroatoms. The zero-order valence-electron chi connectivity index (χ0n) is 13.5. The fourth-order valence-corrected chi connectivity index (χ4v) is 3.12. The Hall–Kier alpha value is -2.38. The molecule has 2 heterocycles. The summed E-state index contributed by atoms with van der Waals surface area (Å²) in [5.74, 6) is -2.49. The Kier molecular flexibility index (Phi) is 4.53. The zero-order valence-corrected chi connectivity index (χ0v) is 14.3. The van der Waals surface area contributed by atoms with Gasteiger partial charge >= 0.3 is 5.97 Å². The van der Waals surface area contributed by atoms with E-state index in [0.717, 1.165) is 0 Å². The first kappa shape index (κ1) is 17.4. The lowest BCUT2D eigenvalue weighted by molar-refractivity contribution is -0.168. The number of rotatable bonds is 4. The number of nitrogens with one attached hydrogen (secondary N) is 1. The molecule has 1 saturated heterocycles. The summed E-state index contributed by atoms with van der Waals surface area (Å²) < 4.78 is 4.87. The van der Waals surface area contributed by atoms with E-state index in [1.54, 1.807) is 6.92 Å². The second-order valence-electron chi connectivity index (χ2n) is 5.73. The van der Waals surface area contributed by atoms with Crippen molar-refractivity contribution in [1.82, 2.24) is 10.2 Å². The molecule has 1 aromatic rings. The minimum absolute atomic E-state index is 0.0282.